The molecule has 0 atom stereocenters. The summed E-state index contributed by atoms with van der Waals surface area (Å²) >= 11 is 0. The summed E-state index contributed by atoms with van der Waals surface area (Å²) < 4.78 is 28.3. The number of rotatable bonds is 4. The van der Waals surface area contributed by atoms with Crippen molar-refractivity contribution in [3.8, 4) is 5.75 Å². The number of hydrogen-bond donors (Lipinski definition) is 0. The van der Waals surface area contributed by atoms with Gasteiger partial charge in [-0.15, -0.1) is 0 Å². The van der Waals surface area contributed by atoms with Crippen LogP contribution in [0.2, 0.25) is 0 Å². The molecular weight excluding hydrogens is 296 g/mol. The van der Waals surface area contributed by atoms with Gasteiger partial charge in [0.2, 0.25) is 0 Å². The first-order chi connectivity index (χ1) is 9.38. The standard InChI is InChI=1S/C15H15ClO3S/c1-11-5-3-4-6-13(11)10-19-14-7-8-15(12(2)9-14)20(16,17)18/h3-9H,10H2,1-2H3. The Labute approximate surface area is 123 Å². The van der Waals surface area contributed by atoms with Crippen LogP contribution in [0.4, 0.5) is 0 Å². The second-order valence-electron chi connectivity index (χ2n) is 4.58. The Kier molecular flexibility index (Phi) is 4.35. The molecule has 0 bridgehead atoms. The van der Waals surface area contributed by atoms with Crippen LogP contribution in [0.1, 0.15) is 16.7 Å². The van der Waals surface area contributed by atoms with Gasteiger partial charge in [0.05, 0.1) is 4.90 Å². The Morgan fingerprint density at radius 2 is 1.75 bits per heavy atom. The smallest absolute Gasteiger partial charge is 0.261 e. The minimum Gasteiger partial charge on any atom is -0.489 e. The van der Waals surface area contributed by atoms with Gasteiger partial charge in [0.25, 0.3) is 9.05 Å². The van der Waals surface area contributed by atoms with Gasteiger partial charge in [0.15, 0.2) is 0 Å². The summed E-state index contributed by atoms with van der Waals surface area (Å²) in [7, 11) is 1.63. The molecule has 0 heterocycles. The molecule has 0 amide bonds. The summed E-state index contributed by atoms with van der Waals surface area (Å²) in [6, 6.07) is 12.7. The summed E-state index contributed by atoms with van der Waals surface area (Å²) in [5.74, 6) is 0.620. The molecule has 0 aliphatic carbocycles. The van der Waals surface area contributed by atoms with Crippen molar-refractivity contribution in [1.82, 2.24) is 0 Å². The van der Waals surface area contributed by atoms with Crippen LogP contribution in [0.25, 0.3) is 0 Å². The van der Waals surface area contributed by atoms with Crippen molar-refractivity contribution in [1.29, 1.82) is 0 Å². The first kappa shape index (κ1) is 14.9. The molecule has 0 N–H and O–H groups in total. The summed E-state index contributed by atoms with van der Waals surface area (Å²) in [5, 5.41) is 0. The SMILES string of the molecule is Cc1ccccc1COc1ccc(S(=O)(=O)Cl)c(C)c1. The largest absolute Gasteiger partial charge is 0.489 e. The number of aryl methyl sites for hydroxylation is 2. The molecule has 0 saturated heterocycles. The van der Waals surface area contributed by atoms with Crippen molar-refractivity contribution in [2.24, 2.45) is 0 Å². The van der Waals surface area contributed by atoms with E-state index in [1.165, 1.54) is 6.07 Å². The maximum atomic E-state index is 11.3. The fourth-order valence-corrected chi connectivity index (χ4v) is 3.11. The number of ether oxygens (including phenoxy) is 1. The Bertz CT molecular complexity index is 724. The quantitative estimate of drug-likeness (QED) is 0.807. The van der Waals surface area contributed by atoms with E-state index in [1.54, 1.807) is 19.1 Å². The maximum Gasteiger partial charge on any atom is 0.261 e. The lowest BCUT2D eigenvalue weighted by atomic mass is 10.1. The first-order valence-corrected chi connectivity index (χ1v) is 8.41. The van der Waals surface area contributed by atoms with Crippen molar-refractivity contribution < 1.29 is 13.2 Å². The predicted molar refractivity (Wildman–Crippen MR) is 79.7 cm³/mol. The minimum absolute atomic E-state index is 0.113. The van der Waals surface area contributed by atoms with Gasteiger partial charge in [-0.05, 0) is 48.7 Å². The molecule has 20 heavy (non-hydrogen) atoms. The lowest BCUT2D eigenvalue weighted by Gasteiger charge is -2.10. The zero-order valence-corrected chi connectivity index (χ0v) is 12.8. The molecule has 0 aliphatic rings. The van der Waals surface area contributed by atoms with Crippen LogP contribution < -0.4 is 4.74 Å². The van der Waals surface area contributed by atoms with Crippen LogP contribution >= 0.6 is 10.7 Å². The molecule has 2 rings (SSSR count). The van der Waals surface area contributed by atoms with E-state index >= 15 is 0 Å². The van der Waals surface area contributed by atoms with E-state index in [-0.39, 0.29) is 4.90 Å². The molecule has 0 saturated carbocycles. The average Bonchev–Trinajstić information content (AvgIpc) is 2.36. The van der Waals surface area contributed by atoms with Crippen LogP contribution in [-0.2, 0) is 15.7 Å². The average molecular weight is 311 g/mol. The van der Waals surface area contributed by atoms with E-state index in [2.05, 4.69) is 0 Å². The first-order valence-electron chi connectivity index (χ1n) is 6.10. The van der Waals surface area contributed by atoms with Crippen LogP contribution in [0.15, 0.2) is 47.4 Å². The molecule has 106 valence electrons. The van der Waals surface area contributed by atoms with Gasteiger partial charge in [-0.3, -0.25) is 0 Å². The monoisotopic (exact) mass is 310 g/mol. The van der Waals surface area contributed by atoms with E-state index in [0.29, 0.717) is 17.9 Å². The molecule has 0 spiro atoms. The molecule has 2 aromatic rings. The Balaban J connectivity index is 2.16. The zero-order valence-electron chi connectivity index (χ0n) is 11.3. The van der Waals surface area contributed by atoms with E-state index < -0.39 is 9.05 Å². The third-order valence-electron chi connectivity index (χ3n) is 3.06. The van der Waals surface area contributed by atoms with Crippen molar-refractivity contribution in [2.75, 3.05) is 0 Å². The number of hydrogen-bond acceptors (Lipinski definition) is 3. The summed E-state index contributed by atoms with van der Waals surface area (Å²) in [6.45, 7) is 4.15. The van der Waals surface area contributed by atoms with Crippen molar-refractivity contribution >= 4 is 19.7 Å². The summed E-state index contributed by atoms with van der Waals surface area (Å²) in [4.78, 5) is 0.113. The Hall–Kier alpha value is -1.52. The zero-order chi connectivity index (χ0) is 14.8. The normalized spacial score (nSPS) is 11.3. The van der Waals surface area contributed by atoms with Gasteiger partial charge in [-0.25, -0.2) is 8.42 Å². The molecule has 0 unspecified atom stereocenters. The summed E-state index contributed by atoms with van der Waals surface area (Å²) in [5.41, 5.74) is 2.82. The van der Waals surface area contributed by atoms with Gasteiger partial charge in [-0.2, -0.15) is 0 Å². The fraction of sp³-hybridized carbons (Fsp3) is 0.200. The molecule has 3 nitrogen and oxygen atoms in total. The number of benzene rings is 2. The van der Waals surface area contributed by atoms with Crippen molar-refractivity contribution in [3.63, 3.8) is 0 Å². The van der Waals surface area contributed by atoms with Gasteiger partial charge in [0.1, 0.15) is 12.4 Å². The van der Waals surface area contributed by atoms with Crippen LogP contribution in [0.5, 0.6) is 5.75 Å². The highest BCUT2D eigenvalue weighted by atomic mass is 35.7. The van der Waals surface area contributed by atoms with Gasteiger partial charge < -0.3 is 4.74 Å². The van der Waals surface area contributed by atoms with E-state index in [9.17, 15) is 8.42 Å². The third kappa shape index (κ3) is 3.52. The molecule has 5 heteroatoms. The second kappa shape index (κ2) is 5.85. The van der Waals surface area contributed by atoms with Gasteiger partial charge in [0, 0.05) is 10.7 Å². The molecule has 2 aromatic carbocycles. The van der Waals surface area contributed by atoms with Gasteiger partial charge in [-0.1, -0.05) is 24.3 Å². The molecule has 0 aromatic heterocycles. The highest BCUT2D eigenvalue weighted by Gasteiger charge is 2.13. The molecule has 0 radical (unpaired) electrons. The van der Waals surface area contributed by atoms with E-state index in [0.717, 1.165) is 11.1 Å². The lowest BCUT2D eigenvalue weighted by molar-refractivity contribution is 0.305. The number of halogens is 1. The van der Waals surface area contributed by atoms with Crippen LogP contribution in [0, 0.1) is 13.8 Å². The third-order valence-corrected chi connectivity index (χ3v) is 4.55. The van der Waals surface area contributed by atoms with Crippen LogP contribution in [-0.4, -0.2) is 8.42 Å². The van der Waals surface area contributed by atoms with Gasteiger partial charge >= 0.3 is 0 Å². The Morgan fingerprint density at radius 1 is 1.05 bits per heavy atom. The van der Waals surface area contributed by atoms with Crippen LogP contribution in [0.3, 0.4) is 0 Å². The lowest BCUT2D eigenvalue weighted by Crippen LogP contribution is -1.99. The van der Waals surface area contributed by atoms with E-state index in [1.807, 2.05) is 31.2 Å². The second-order valence-corrected chi connectivity index (χ2v) is 7.11. The molecule has 0 fully saturated rings. The van der Waals surface area contributed by atoms with E-state index in [4.69, 9.17) is 15.4 Å². The fourth-order valence-electron chi connectivity index (χ4n) is 1.92. The highest BCUT2D eigenvalue weighted by Crippen LogP contribution is 2.24. The van der Waals surface area contributed by atoms with Crippen molar-refractivity contribution in [3.05, 3.63) is 59.2 Å². The Morgan fingerprint density at radius 3 is 2.35 bits per heavy atom. The predicted octanol–water partition coefficient (Wildman–Crippen LogP) is 3.81. The topological polar surface area (TPSA) is 43.4 Å². The highest BCUT2D eigenvalue weighted by molar-refractivity contribution is 8.13. The van der Waals surface area contributed by atoms with Crippen molar-refractivity contribution in [2.45, 2.75) is 25.3 Å². The summed E-state index contributed by atoms with van der Waals surface area (Å²) in [6.07, 6.45) is 0. The maximum absolute atomic E-state index is 11.3. The molecular formula is C15H15ClO3S. The molecule has 0 aliphatic heterocycles. The minimum atomic E-state index is -3.71.